The SMILES string of the molecule is O=C(NCC(O)c1cc2ccccc2s1)Nc1cccnc1Cl. The van der Waals surface area contributed by atoms with Crippen LogP contribution in [0.15, 0.2) is 48.7 Å². The van der Waals surface area contributed by atoms with Crippen molar-refractivity contribution in [2.75, 3.05) is 11.9 Å². The molecule has 0 aliphatic carbocycles. The van der Waals surface area contributed by atoms with Crippen molar-refractivity contribution < 1.29 is 9.90 Å². The minimum Gasteiger partial charge on any atom is -0.386 e. The predicted octanol–water partition coefficient (Wildman–Crippen LogP) is 3.80. The molecule has 7 heteroatoms. The molecule has 0 saturated carbocycles. The summed E-state index contributed by atoms with van der Waals surface area (Å²) in [5.41, 5.74) is 0.419. The zero-order chi connectivity index (χ0) is 16.2. The number of urea groups is 1. The summed E-state index contributed by atoms with van der Waals surface area (Å²) < 4.78 is 1.10. The van der Waals surface area contributed by atoms with E-state index in [4.69, 9.17) is 11.6 Å². The number of carbonyl (C=O) groups excluding carboxylic acids is 1. The third-order valence-corrected chi connectivity index (χ3v) is 4.75. The van der Waals surface area contributed by atoms with Crippen LogP contribution >= 0.6 is 22.9 Å². The topological polar surface area (TPSA) is 74.2 Å². The van der Waals surface area contributed by atoms with Crippen LogP contribution in [0.5, 0.6) is 0 Å². The van der Waals surface area contributed by atoms with Gasteiger partial charge in [0.25, 0.3) is 0 Å². The van der Waals surface area contributed by atoms with Crippen molar-refractivity contribution >= 4 is 44.7 Å². The molecule has 118 valence electrons. The first-order chi connectivity index (χ1) is 11.1. The molecule has 0 spiro atoms. The van der Waals surface area contributed by atoms with Gasteiger partial charge in [0.2, 0.25) is 0 Å². The van der Waals surface area contributed by atoms with E-state index in [9.17, 15) is 9.90 Å². The van der Waals surface area contributed by atoms with Crippen LogP contribution in [-0.2, 0) is 0 Å². The first-order valence-electron chi connectivity index (χ1n) is 6.95. The van der Waals surface area contributed by atoms with Crippen LogP contribution < -0.4 is 10.6 Å². The second-order valence-electron chi connectivity index (χ2n) is 4.88. The number of halogens is 1. The van der Waals surface area contributed by atoms with E-state index in [0.717, 1.165) is 15.0 Å². The molecule has 3 rings (SSSR count). The third-order valence-electron chi connectivity index (χ3n) is 3.24. The molecule has 2 heterocycles. The number of pyridine rings is 1. The van der Waals surface area contributed by atoms with E-state index in [0.29, 0.717) is 5.69 Å². The second-order valence-corrected chi connectivity index (χ2v) is 6.35. The normalized spacial score (nSPS) is 12.1. The number of hydrogen-bond acceptors (Lipinski definition) is 4. The zero-order valence-corrected chi connectivity index (χ0v) is 13.6. The van der Waals surface area contributed by atoms with Crippen molar-refractivity contribution in [1.29, 1.82) is 0 Å². The van der Waals surface area contributed by atoms with E-state index in [1.807, 2.05) is 30.3 Å². The van der Waals surface area contributed by atoms with Gasteiger partial charge in [0.15, 0.2) is 5.15 Å². The fourth-order valence-corrected chi connectivity index (χ4v) is 3.32. The summed E-state index contributed by atoms with van der Waals surface area (Å²) in [6.07, 6.45) is 0.777. The molecule has 5 nitrogen and oxygen atoms in total. The van der Waals surface area contributed by atoms with Gasteiger partial charge in [-0.3, -0.25) is 0 Å². The molecule has 0 fully saturated rings. The van der Waals surface area contributed by atoms with E-state index in [1.54, 1.807) is 12.1 Å². The summed E-state index contributed by atoms with van der Waals surface area (Å²) in [4.78, 5) is 16.5. The van der Waals surface area contributed by atoms with Crippen molar-refractivity contribution in [3.63, 3.8) is 0 Å². The number of fused-ring (bicyclic) bond motifs is 1. The summed E-state index contributed by atoms with van der Waals surface area (Å²) in [5.74, 6) is 0. The van der Waals surface area contributed by atoms with Crippen LogP contribution in [-0.4, -0.2) is 22.7 Å². The Balaban J connectivity index is 1.59. The van der Waals surface area contributed by atoms with Gasteiger partial charge in [0.05, 0.1) is 12.2 Å². The average molecular weight is 348 g/mol. The standard InChI is InChI=1S/C16H14ClN3O2S/c17-15-11(5-3-7-18-15)20-16(22)19-9-12(21)14-8-10-4-1-2-6-13(10)23-14/h1-8,12,21H,9H2,(H2,19,20,22). The molecule has 0 bridgehead atoms. The minimum absolute atomic E-state index is 0.108. The van der Waals surface area contributed by atoms with Crippen molar-refractivity contribution in [2.45, 2.75) is 6.10 Å². The van der Waals surface area contributed by atoms with Crippen LogP contribution in [0.25, 0.3) is 10.1 Å². The molecule has 3 N–H and O–H groups in total. The fourth-order valence-electron chi connectivity index (χ4n) is 2.10. The first kappa shape index (κ1) is 15.7. The molecule has 0 aliphatic rings. The van der Waals surface area contributed by atoms with E-state index >= 15 is 0 Å². The Kier molecular flexibility index (Phi) is 4.76. The molecular weight excluding hydrogens is 334 g/mol. The molecule has 2 amide bonds. The number of anilines is 1. The lowest BCUT2D eigenvalue weighted by atomic mass is 10.2. The van der Waals surface area contributed by atoms with E-state index in [1.165, 1.54) is 17.5 Å². The van der Waals surface area contributed by atoms with E-state index < -0.39 is 12.1 Å². The van der Waals surface area contributed by atoms with Crippen molar-refractivity contribution in [2.24, 2.45) is 0 Å². The molecule has 3 aromatic rings. The minimum atomic E-state index is -0.762. The van der Waals surface area contributed by atoms with Crippen LogP contribution in [0.4, 0.5) is 10.5 Å². The second kappa shape index (κ2) is 6.95. The number of amides is 2. The van der Waals surface area contributed by atoms with Gasteiger partial charge in [-0.05, 0) is 29.7 Å². The Bertz CT molecular complexity index is 804. The summed E-state index contributed by atoms with van der Waals surface area (Å²) >= 11 is 7.38. The van der Waals surface area contributed by atoms with Crippen molar-refractivity contribution in [3.05, 3.63) is 58.7 Å². The Hall–Kier alpha value is -2.15. The van der Waals surface area contributed by atoms with Crippen LogP contribution in [0.3, 0.4) is 0 Å². The van der Waals surface area contributed by atoms with E-state index in [2.05, 4.69) is 15.6 Å². The molecule has 1 aromatic carbocycles. The molecule has 2 aromatic heterocycles. The predicted molar refractivity (Wildman–Crippen MR) is 93.1 cm³/mol. The molecule has 23 heavy (non-hydrogen) atoms. The molecule has 0 radical (unpaired) electrons. The van der Waals surface area contributed by atoms with Gasteiger partial charge in [0, 0.05) is 15.8 Å². The van der Waals surface area contributed by atoms with Gasteiger partial charge in [-0.25, -0.2) is 9.78 Å². The Morgan fingerprint density at radius 3 is 2.91 bits per heavy atom. The van der Waals surface area contributed by atoms with Crippen LogP contribution in [0, 0.1) is 0 Å². The lowest BCUT2D eigenvalue weighted by Gasteiger charge is -2.11. The molecular formula is C16H14ClN3O2S. The molecule has 0 aliphatic heterocycles. The van der Waals surface area contributed by atoms with Gasteiger partial charge in [-0.2, -0.15) is 0 Å². The lowest BCUT2D eigenvalue weighted by Crippen LogP contribution is -2.32. The van der Waals surface area contributed by atoms with Gasteiger partial charge < -0.3 is 15.7 Å². The Morgan fingerprint density at radius 1 is 1.30 bits per heavy atom. The Labute approximate surface area is 141 Å². The maximum Gasteiger partial charge on any atom is 0.319 e. The van der Waals surface area contributed by atoms with Gasteiger partial charge >= 0.3 is 6.03 Å². The highest BCUT2D eigenvalue weighted by Crippen LogP contribution is 2.29. The molecule has 1 atom stereocenters. The number of rotatable bonds is 4. The number of aromatic nitrogens is 1. The van der Waals surface area contributed by atoms with E-state index in [-0.39, 0.29) is 11.7 Å². The van der Waals surface area contributed by atoms with Crippen LogP contribution in [0.1, 0.15) is 11.0 Å². The van der Waals surface area contributed by atoms with Gasteiger partial charge in [-0.1, -0.05) is 29.8 Å². The van der Waals surface area contributed by atoms with Crippen molar-refractivity contribution in [1.82, 2.24) is 10.3 Å². The largest absolute Gasteiger partial charge is 0.386 e. The van der Waals surface area contributed by atoms with Crippen LogP contribution in [0.2, 0.25) is 5.15 Å². The summed E-state index contributed by atoms with van der Waals surface area (Å²) in [5, 5.41) is 16.7. The number of aliphatic hydroxyl groups is 1. The number of thiophene rings is 1. The summed E-state index contributed by atoms with van der Waals surface area (Å²) in [6, 6.07) is 12.7. The number of carbonyl (C=O) groups is 1. The van der Waals surface area contributed by atoms with Gasteiger partial charge in [-0.15, -0.1) is 11.3 Å². The zero-order valence-electron chi connectivity index (χ0n) is 12.0. The number of benzene rings is 1. The monoisotopic (exact) mass is 347 g/mol. The molecule has 0 saturated heterocycles. The Morgan fingerprint density at radius 2 is 2.13 bits per heavy atom. The summed E-state index contributed by atoms with van der Waals surface area (Å²) in [7, 11) is 0. The smallest absolute Gasteiger partial charge is 0.319 e. The molecule has 1 unspecified atom stereocenters. The van der Waals surface area contributed by atoms with Gasteiger partial charge in [0.1, 0.15) is 6.10 Å². The quantitative estimate of drug-likeness (QED) is 0.628. The highest BCUT2D eigenvalue weighted by atomic mass is 35.5. The maximum absolute atomic E-state index is 11.9. The van der Waals surface area contributed by atoms with Crippen molar-refractivity contribution in [3.8, 4) is 0 Å². The number of nitrogens with one attached hydrogen (secondary N) is 2. The lowest BCUT2D eigenvalue weighted by molar-refractivity contribution is 0.178. The highest BCUT2D eigenvalue weighted by molar-refractivity contribution is 7.19. The fraction of sp³-hybridized carbons (Fsp3) is 0.125. The number of hydrogen-bond donors (Lipinski definition) is 3. The summed E-state index contributed by atoms with van der Waals surface area (Å²) in [6.45, 7) is 0.108. The average Bonchev–Trinajstić information content (AvgIpc) is 2.99. The maximum atomic E-state index is 11.9. The third kappa shape index (κ3) is 3.79. The first-order valence-corrected chi connectivity index (χ1v) is 8.15. The highest BCUT2D eigenvalue weighted by Gasteiger charge is 2.13. The number of nitrogens with zero attached hydrogens (tertiary/aromatic N) is 1. The number of aliphatic hydroxyl groups excluding tert-OH is 1.